The fourth-order valence-electron chi connectivity index (χ4n) is 2.67. The van der Waals surface area contributed by atoms with Crippen LogP contribution in [0, 0.1) is 5.92 Å². The van der Waals surface area contributed by atoms with Crippen molar-refractivity contribution in [2.75, 3.05) is 19.6 Å². The van der Waals surface area contributed by atoms with Crippen LogP contribution >= 0.6 is 23.2 Å². The number of carboxylic acid groups (broad SMARTS) is 1. The van der Waals surface area contributed by atoms with Gasteiger partial charge in [0.15, 0.2) is 0 Å². The standard InChI is InChI=1S/C16H20Cl2N2O3/c17-13-6-5-11(14(18)9-13)3-1-7-19-16(23)20-8-2-4-12(10-20)15(21)22/h5-6,9,12H,1-4,7-8,10H2,(H,19,23)(H,21,22). The number of nitrogens with one attached hydrogen (secondary N) is 1. The van der Waals surface area contributed by atoms with E-state index in [4.69, 9.17) is 28.3 Å². The van der Waals surface area contributed by atoms with E-state index in [2.05, 4.69) is 5.32 Å². The molecule has 2 amide bonds. The van der Waals surface area contributed by atoms with Gasteiger partial charge < -0.3 is 15.3 Å². The largest absolute Gasteiger partial charge is 0.481 e. The van der Waals surface area contributed by atoms with Crippen LogP contribution < -0.4 is 5.32 Å². The molecule has 1 aliphatic rings. The number of carboxylic acids is 1. The van der Waals surface area contributed by atoms with Gasteiger partial charge in [-0.2, -0.15) is 0 Å². The zero-order valence-electron chi connectivity index (χ0n) is 12.7. The van der Waals surface area contributed by atoms with Gasteiger partial charge in [-0.1, -0.05) is 29.3 Å². The molecule has 2 N–H and O–H groups in total. The van der Waals surface area contributed by atoms with Gasteiger partial charge in [-0.15, -0.1) is 0 Å². The average molecular weight is 359 g/mol. The smallest absolute Gasteiger partial charge is 0.317 e. The number of likely N-dealkylation sites (tertiary alicyclic amines) is 1. The van der Waals surface area contributed by atoms with Crippen LogP contribution in [-0.2, 0) is 11.2 Å². The highest BCUT2D eigenvalue weighted by molar-refractivity contribution is 6.35. The van der Waals surface area contributed by atoms with E-state index in [1.165, 1.54) is 0 Å². The summed E-state index contributed by atoms with van der Waals surface area (Å²) in [4.78, 5) is 24.7. The Bertz CT molecular complexity index is 580. The maximum Gasteiger partial charge on any atom is 0.317 e. The number of hydrogen-bond donors (Lipinski definition) is 2. The highest BCUT2D eigenvalue weighted by Gasteiger charge is 2.27. The van der Waals surface area contributed by atoms with Crippen molar-refractivity contribution in [3.8, 4) is 0 Å². The molecule has 23 heavy (non-hydrogen) atoms. The Morgan fingerprint density at radius 3 is 2.83 bits per heavy atom. The van der Waals surface area contributed by atoms with Gasteiger partial charge in [0, 0.05) is 29.7 Å². The molecule has 2 rings (SSSR count). The SMILES string of the molecule is O=C(O)C1CCCN(C(=O)NCCCc2ccc(Cl)cc2Cl)C1. The van der Waals surface area contributed by atoms with Crippen LogP contribution in [0.3, 0.4) is 0 Å². The number of rotatable bonds is 5. The number of benzene rings is 1. The van der Waals surface area contributed by atoms with Gasteiger partial charge in [-0.05, 0) is 43.4 Å². The highest BCUT2D eigenvalue weighted by atomic mass is 35.5. The minimum atomic E-state index is -0.833. The molecular formula is C16H20Cl2N2O3. The maximum atomic E-state index is 12.1. The molecule has 0 aromatic heterocycles. The van der Waals surface area contributed by atoms with Gasteiger partial charge in [0.2, 0.25) is 0 Å². The van der Waals surface area contributed by atoms with E-state index in [1.54, 1.807) is 17.0 Å². The molecule has 126 valence electrons. The number of aryl methyl sites for hydroxylation is 1. The Hall–Kier alpha value is -1.46. The van der Waals surface area contributed by atoms with Crippen molar-refractivity contribution in [1.29, 1.82) is 0 Å². The summed E-state index contributed by atoms with van der Waals surface area (Å²) in [6.07, 6.45) is 2.86. The summed E-state index contributed by atoms with van der Waals surface area (Å²) in [6, 6.07) is 5.19. The van der Waals surface area contributed by atoms with Crippen LogP contribution in [-0.4, -0.2) is 41.6 Å². The maximum absolute atomic E-state index is 12.1. The number of urea groups is 1. The molecule has 0 aliphatic carbocycles. The van der Waals surface area contributed by atoms with Crippen molar-refractivity contribution < 1.29 is 14.7 Å². The molecule has 1 fully saturated rings. The first-order valence-corrected chi connectivity index (χ1v) is 8.42. The summed E-state index contributed by atoms with van der Waals surface area (Å²) in [7, 11) is 0. The summed E-state index contributed by atoms with van der Waals surface area (Å²) < 4.78 is 0. The van der Waals surface area contributed by atoms with Crippen LogP contribution in [0.15, 0.2) is 18.2 Å². The van der Waals surface area contributed by atoms with Gasteiger partial charge >= 0.3 is 12.0 Å². The van der Waals surface area contributed by atoms with Crippen molar-refractivity contribution in [3.63, 3.8) is 0 Å². The second kappa shape index (κ2) is 8.41. The van der Waals surface area contributed by atoms with Crippen LogP contribution in [0.2, 0.25) is 10.0 Å². The molecule has 1 saturated heterocycles. The Morgan fingerprint density at radius 1 is 1.35 bits per heavy atom. The van der Waals surface area contributed by atoms with E-state index in [-0.39, 0.29) is 12.6 Å². The van der Waals surface area contributed by atoms with Gasteiger partial charge in [0.05, 0.1) is 5.92 Å². The van der Waals surface area contributed by atoms with E-state index in [0.29, 0.717) is 29.6 Å². The molecule has 5 nitrogen and oxygen atoms in total. The number of carbonyl (C=O) groups excluding carboxylic acids is 1. The molecule has 1 heterocycles. The van der Waals surface area contributed by atoms with Gasteiger partial charge in [0.25, 0.3) is 0 Å². The molecule has 1 aliphatic heterocycles. The van der Waals surface area contributed by atoms with Crippen molar-refractivity contribution in [2.24, 2.45) is 5.92 Å². The molecule has 0 radical (unpaired) electrons. The number of aliphatic carboxylic acids is 1. The van der Waals surface area contributed by atoms with Crippen LogP contribution in [0.25, 0.3) is 0 Å². The highest BCUT2D eigenvalue weighted by Crippen LogP contribution is 2.22. The number of halogens is 2. The lowest BCUT2D eigenvalue weighted by atomic mass is 9.99. The van der Waals surface area contributed by atoms with E-state index in [1.807, 2.05) is 6.07 Å². The van der Waals surface area contributed by atoms with Crippen LogP contribution in [0.4, 0.5) is 4.79 Å². The third-order valence-electron chi connectivity index (χ3n) is 3.97. The third kappa shape index (κ3) is 5.29. The Balaban J connectivity index is 1.73. The number of piperidine rings is 1. The van der Waals surface area contributed by atoms with Crippen LogP contribution in [0.1, 0.15) is 24.8 Å². The first-order valence-electron chi connectivity index (χ1n) is 7.67. The van der Waals surface area contributed by atoms with E-state index in [0.717, 1.165) is 24.8 Å². The normalized spacial score (nSPS) is 17.8. The summed E-state index contributed by atoms with van der Waals surface area (Å²) in [6.45, 7) is 1.41. The number of carbonyl (C=O) groups is 2. The zero-order chi connectivity index (χ0) is 16.8. The van der Waals surface area contributed by atoms with Crippen molar-refractivity contribution in [1.82, 2.24) is 10.2 Å². The molecule has 0 bridgehead atoms. The molecule has 7 heteroatoms. The van der Waals surface area contributed by atoms with E-state index < -0.39 is 11.9 Å². The van der Waals surface area contributed by atoms with E-state index in [9.17, 15) is 9.59 Å². The minimum Gasteiger partial charge on any atom is -0.481 e. The van der Waals surface area contributed by atoms with Gasteiger partial charge in [-0.25, -0.2) is 4.79 Å². The topological polar surface area (TPSA) is 69.6 Å². The second-order valence-corrected chi connectivity index (χ2v) is 6.54. The summed E-state index contributed by atoms with van der Waals surface area (Å²) in [5.41, 5.74) is 0.995. The minimum absolute atomic E-state index is 0.196. The fraction of sp³-hybridized carbons (Fsp3) is 0.500. The quantitative estimate of drug-likeness (QED) is 0.792. The monoisotopic (exact) mass is 358 g/mol. The summed E-state index contributed by atoms with van der Waals surface area (Å²) in [5, 5.41) is 13.1. The Labute approximate surface area is 145 Å². The number of nitrogens with zero attached hydrogens (tertiary/aromatic N) is 1. The molecule has 1 atom stereocenters. The number of hydrogen-bond acceptors (Lipinski definition) is 2. The Morgan fingerprint density at radius 2 is 2.13 bits per heavy atom. The van der Waals surface area contributed by atoms with Crippen LogP contribution in [0.5, 0.6) is 0 Å². The van der Waals surface area contributed by atoms with Crippen molar-refractivity contribution in [3.05, 3.63) is 33.8 Å². The summed E-state index contributed by atoms with van der Waals surface area (Å²) >= 11 is 12.0. The zero-order valence-corrected chi connectivity index (χ0v) is 14.2. The fourth-order valence-corrected chi connectivity index (χ4v) is 3.18. The molecular weight excluding hydrogens is 339 g/mol. The summed E-state index contributed by atoms with van der Waals surface area (Å²) in [5.74, 6) is -1.29. The first kappa shape index (κ1) is 17.9. The third-order valence-corrected chi connectivity index (χ3v) is 4.56. The van der Waals surface area contributed by atoms with Gasteiger partial charge in [0.1, 0.15) is 0 Å². The molecule has 1 aromatic rings. The van der Waals surface area contributed by atoms with E-state index >= 15 is 0 Å². The second-order valence-electron chi connectivity index (χ2n) is 5.69. The molecule has 1 aromatic carbocycles. The van der Waals surface area contributed by atoms with Crippen molar-refractivity contribution >= 4 is 35.2 Å². The lowest BCUT2D eigenvalue weighted by Gasteiger charge is -2.30. The lowest BCUT2D eigenvalue weighted by molar-refractivity contribution is -0.143. The Kier molecular flexibility index (Phi) is 6.54. The molecule has 0 saturated carbocycles. The first-order chi connectivity index (χ1) is 11.0. The molecule has 0 spiro atoms. The van der Waals surface area contributed by atoms with Gasteiger partial charge in [-0.3, -0.25) is 4.79 Å². The lowest BCUT2D eigenvalue weighted by Crippen LogP contribution is -2.47. The molecule has 1 unspecified atom stereocenters. The number of amides is 2. The van der Waals surface area contributed by atoms with Crippen molar-refractivity contribution in [2.45, 2.75) is 25.7 Å². The predicted molar refractivity (Wildman–Crippen MR) is 90.1 cm³/mol. The predicted octanol–water partition coefficient (Wildman–Crippen LogP) is 3.43. The average Bonchev–Trinajstić information content (AvgIpc) is 2.53.